The van der Waals surface area contributed by atoms with Crippen LogP contribution in [0.4, 0.5) is 0 Å². The number of hydrogen-bond acceptors (Lipinski definition) is 0. The highest BCUT2D eigenvalue weighted by Gasteiger charge is 2.44. The third-order valence-electron chi connectivity index (χ3n) is 8.64. The van der Waals surface area contributed by atoms with Gasteiger partial charge in [0.2, 0.25) is 0 Å². The number of rotatable bonds is 5. The highest BCUT2D eigenvalue weighted by Crippen LogP contribution is 2.53. The fourth-order valence-electron chi connectivity index (χ4n) is 6.93. The SMILES string of the molecule is C[Si](C)(CC[Si](C)(C)C1c2ccccc2-c2ccccc21)C1c2ccccc2-c2ccccc21. The van der Waals surface area contributed by atoms with Crippen LogP contribution in [-0.4, -0.2) is 16.1 Å². The molecule has 0 atom stereocenters. The van der Waals surface area contributed by atoms with Crippen LogP contribution in [0.3, 0.4) is 0 Å². The molecule has 170 valence electrons. The highest BCUT2D eigenvalue weighted by molar-refractivity contribution is 6.84. The molecular formula is C32H34Si2. The second-order valence-corrected chi connectivity index (χ2v) is 21.8. The lowest BCUT2D eigenvalue weighted by atomic mass is 10.1. The van der Waals surface area contributed by atoms with Crippen molar-refractivity contribution < 1.29 is 0 Å². The molecule has 4 aromatic rings. The predicted octanol–water partition coefficient (Wildman–Crippen LogP) is 9.11. The molecule has 0 aliphatic heterocycles. The van der Waals surface area contributed by atoms with Crippen LogP contribution >= 0.6 is 0 Å². The molecule has 0 aromatic heterocycles. The molecule has 0 saturated carbocycles. The molecule has 2 heteroatoms. The van der Waals surface area contributed by atoms with Crippen molar-refractivity contribution in [1.82, 2.24) is 0 Å². The van der Waals surface area contributed by atoms with Gasteiger partial charge in [-0.2, -0.15) is 0 Å². The van der Waals surface area contributed by atoms with Crippen LogP contribution in [-0.2, 0) is 0 Å². The Balaban J connectivity index is 1.33. The topological polar surface area (TPSA) is 0 Å². The zero-order valence-electron chi connectivity index (χ0n) is 20.8. The first kappa shape index (κ1) is 21.8. The van der Waals surface area contributed by atoms with E-state index in [1.54, 1.807) is 22.3 Å². The maximum atomic E-state index is 2.65. The van der Waals surface area contributed by atoms with E-state index in [4.69, 9.17) is 0 Å². The van der Waals surface area contributed by atoms with Crippen LogP contribution in [0, 0.1) is 0 Å². The molecule has 0 bridgehead atoms. The normalized spacial score (nSPS) is 15.1. The lowest BCUT2D eigenvalue weighted by Gasteiger charge is -2.37. The van der Waals surface area contributed by atoms with Crippen LogP contribution in [0.15, 0.2) is 97.1 Å². The second-order valence-electron chi connectivity index (χ2n) is 11.7. The van der Waals surface area contributed by atoms with E-state index in [1.807, 2.05) is 0 Å². The zero-order valence-corrected chi connectivity index (χ0v) is 22.8. The van der Waals surface area contributed by atoms with Gasteiger partial charge < -0.3 is 0 Å². The van der Waals surface area contributed by atoms with Crippen molar-refractivity contribution in [3.63, 3.8) is 0 Å². The molecular weight excluding hydrogens is 441 g/mol. The molecule has 2 aliphatic rings. The van der Waals surface area contributed by atoms with Crippen molar-refractivity contribution in [3.8, 4) is 22.3 Å². The van der Waals surface area contributed by atoms with Gasteiger partial charge in [-0.3, -0.25) is 0 Å². The summed E-state index contributed by atoms with van der Waals surface area (Å²) in [5, 5.41) is 0. The Morgan fingerprint density at radius 1 is 0.412 bits per heavy atom. The molecule has 0 unspecified atom stereocenters. The maximum Gasteiger partial charge on any atom is 0.0601 e. The average Bonchev–Trinajstić information content (AvgIpc) is 3.37. The van der Waals surface area contributed by atoms with Gasteiger partial charge in [0.1, 0.15) is 0 Å². The summed E-state index contributed by atoms with van der Waals surface area (Å²) in [6.07, 6.45) is 0. The Hall–Kier alpha value is -2.69. The van der Waals surface area contributed by atoms with Crippen molar-refractivity contribution in [2.75, 3.05) is 0 Å². The molecule has 0 saturated heterocycles. The first-order chi connectivity index (χ1) is 16.4. The molecule has 0 nitrogen and oxygen atoms in total. The molecule has 0 N–H and O–H groups in total. The first-order valence-electron chi connectivity index (χ1n) is 12.7. The third-order valence-corrected chi connectivity index (χ3v) is 16.6. The number of benzene rings is 4. The van der Waals surface area contributed by atoms with Crippen molar-refractivity contribution in [2.45, 2.75) is 49.4 Å². The van der Waals surface area contributed by atoms with Gasteiger partial charge >= 0.3 is 0 Å². The standard InChI is InChI=1S/C32H34Si2/c1-33(2,31-27-17-9-5-13-23(27)24-14-6-10-18-28(24)31)21-22-34(3,4)32-29-19-11-7-15-25(29)26-16-8-12-20-30(26)32/h5-20,31-32H,21-22H2,1-4H3. The van der Waals surface area contributed by atoms with E-state index < -0.39 is 16.1 Å². The lowest BCUT2D eigenvalue weighted by Crippen LogP contribution is -2.41. The Bertz CT molecular complexity index is 1180. The van der Waals surface area contributed by atoms with Crippen LogP contribution < -0.4 is 0 Å². The smallest absolute Gasteiger partial charge is 0.0601 e. The van der Waals surface area contributed by atoms with Gasteiger partial charge in [0.25, 0.3) is 0 Å². The molecule has 2 aliphatic carbocycles. The second kappa shape index (κ2) is 7.93. The monoisotopic (exact) mass is 474 g/mol. The van der Waals surface area contributed by atoms with Gasteiger partial charge in [0.05, 0.1) is 16.1 Å². The summed E-state index contributed by atoms with van der Waals surface area (Å²) in [6, 6.07) is 39.5. The van der Waals surface area contributed by atoms with Crippen molar-refractivity contribution in [2.24, 2.45) is 0 Å². The third kappa shape index (κ3) is 3.31. The predicted molar refractivity (Wildman–Crippen MR) is 152 cm³/mol. The van der Waals surface area contributed by atoms with E-state index in [9.17, 15) is 0 Å². The molecule has 0 spiro atoms. The van der Waals surface area contributed by atoms with E-state index >= 15 is 0 Å². The highest BCUT2D eigenvalue weighted by atomic mass is 28.3. The van der Waals surface area contributed by atoms with E-state index in [2.05, 4.69) is 123 Å². The number of hydrogen-bond donors (Lipinski definition) is 0. The van der Waals surface area contributed by atoms with Crippen molar-refractivity contribution in [3.05, 3.63) is 119 Å². The number of fused-ring (bicyclic) bond motifs is 6. The fraction of sp³-hybridized carbons (Fsp3) is 0.250. The first-order valence-corrected chi connectivity index (χ1v) is 19.3. The maximum absolute atomic E-state index is 2.65. The molecule has 0 heterocycles. The van der Waals surface area contributed by atoms with Gasteiger partial charge in [-0.05, 0) is 44.5 Å². The largest absolute Gasteiger partial charge is 0.0686 e. The van der Waals surface area contributed by atoms with Crippen LogP contribution in [0.5, 0.6) is 0 Å². The van der Waals surface area contributed by atoms with E-state index in [0.29, 0.717) is 11.1 Å². The van der Waals surface area contributed by atoms with Crippen molar-refractivity contribution >= 4 is 16.1 Å². The minimum atomic E-state index is -1.58. The lowest BCUT2D eigenvalue weighted by molar-refractivity contribution is 1.04. The molecule has 0 amide bonds. The minimum absolute atomic E-state index is 0.604. The van der Waals surface area contributed by atoms with Gasteiger partial charge in [-0.25, -0.2) is 0 Å². The van der Waals surface area contributed by atoms with E-state index in [-0.39, 0.29) is 0 Å². The summed E-state index contributed by atoms with van der Waals surface area (Å²) >= 11 is 0. The Kier molecular flexibility index (Phi) is 5.09. The van der Waals surface area contributed by atoms with Gasteiger partial charge in [0.15, 0.2) is 0 Å². The zero-order chi connectivity index (χ0) is 23.5. The van der Waals surface area contributed by atoms with Crippen molar-refractivity contribution in [1.29, 1.82) is 0 Å². The fourth-order valence-corrected chi connectivity index (χ4v) is 17.0. The summed E-state index contributed by atoms with van der Waals surface area (Å²) in [5.74, 6) is 0. The Morgan fingerprint density at radius 2 is 0.647 bits per heavy atom. The average molecular weight is 475 g/mol. The van der Waals surface area contributed by atoms with E-state index in [1.165, 1.54) is 34.3 Å². The molecule has 6 rings (SSSR count). The minimum Gasteiger partial charge on any atom is -0.0686 e. The molecule has 0 radical (unpaired) electrons. The summed E-state index contributed by atoms with van der Waals surface area (Å²) in [4.78, 5) is 0. The van der Waals surface area contributed by atoms with Crippen LogP contribution in [0.2, 0.25) is 38.3 Å². The molecule has 4 aromatic carbocycles. The molecule has 0 fully saturated rings. The van der Waals surface area contributed by atoms with E-state index in [0.717, 1.165) is 0 Å². The quantitative estimate of drug-likeness (QED) is 0.253. The summed E-state index contributed by atoms with van der Waals surface area (Å²) in [5.41, 5.74) is 13.4. The van der Waals surface area contributed by atoms with Gasteiger partial charge in [-0.1, -0.05) is 135 Å². The summed E-state index contributed by atoms with van der Waals surface area (Å²) in [7, 11) is -3.16. The van der Waals surface area contributed by atoms with Gasteiger partial charge in [-0.15, -0.1) is 0 Å². The summed E-state index contributed by atoms with van der Waals surface area (Å²) in [6.45, 7) is 10.6. The van der Waals surface area contributed by atoms with Crippen LogP contribution in [0.1, 0.15) is 33.3 Å². The summed E-state index contributed by atoms with van der Waals surface area (Å²) < 4.78 is 0. The Labute approximate surface area is 206 Å². The Morgan fingerprint density at radius 3 is 0.912 bits per heavy atom. The van der Waals surface area contributed by atoms with Gasteiger partial charge in [0, 0.05) is 11.1 Å². The van der Waals surface area contributed by atoms with Crippen LogP contribution in [0.25, 0.3) is 22.3 Å². The molecule has 34 heavy (non-hydrogen) atoms.